The van der Waals surface area contributed by atoms with Crippen LogP contribution in [0.3, 0.4) is 0 Å². The van der Waals surface area contributed by atoms with Gasteiger partial charge >= 0.3 is 0 Å². The Bertz CT molecular complexity index is 960. The van der Waals surface area contributed by atoms with Crippen LogP contribution in [0.15, 0.2) is 47.0 Å². The lowest BCUT2D eigenvalue weighted by atomic mass is 10.1. The van der Waals surface area contributed by atoms with Gasteiger partial charge in [0.15, 0.2) is 6.10 Å². The number of benzene rings is 2. The molecule has 6 nitrogen and oxygen atoms in total. The summed E-state index contributed by atoms with van der Waals surface area (Å²) in [5.41, 5.74) is 4.19. The lowest BCUT2D eigenvalue weighted by Gasteiger charge is -2.21. The van der Waals surface area contributed by atoms with Crippen molar-refractivity contribution in [2.24, 2.45) is 0 Å². The Morgan fingerprint density at radius 2 is 1.82 bits per heavy atom. The van der Waals surface area contributed by atoms with E-state index in [1.165, 1.54) is 4.90 Å². The highest BCUT2D eigenvalue weighted by molar-refractivity contribution is 5.80. The third kappa shape index (κ3) is 4.76. The number of amides is 1. The molecule has 0 spiro atoms. The smallest absolute Gasteiger partial charge is 0.263 e. The number of carbonyl (C=O) groups is 1. The van der Waals surface area contributed by atoms with Crippen molar-refractivity contribution in [2.75, 3.05) is 7.05 Å². The van der Waals surface area contributed by atoms with Gasteiger partial charge in [-0.1, -0.05) is 35.0 Å². The van der Waals surface area contributed by atoms with Crippen LogP contribution >= 0.6 is 0 Å². The maximum Gasteiger partial charge on any atom is 0.263 e. The number of likely N-dealkylation sites (N-methyl/N-ethyl adjacent to an activating group) is 1. The molecule has 1 heterocycles. The number of hydrogen-bond acceptors (Lipinski definition) is 5. The van der Waals surface area contributed by atoms with E-state index in [1.54, 1.807) is 14.0 Å². The van der Waals surface area contributed by atoms with Crippen LogP contribution in [-0.4, -0.2) is 34.1 Å². The minimum absolute atomic E-state index is 0.158. The molecule has 0 bridgehead atoms. The Labute approximate surface area is 165 Å². The fourth-order valence-electron chi connectivity index (χ4n) is 3.07. The third-order valence-electron chi connectivity index (χ3n) is 4.35. The molecule has 0 saturated heterocycles. The van der Waals surface area contributed by atoms with E-state index in [2.05, 4.69) is 16.2 Å². The number of nitrogens with zero attached hydrogens (tertiary/aromatic N) is 3. The molecule has 28 heavy (non-hydrogen) atoms. The fraction of sp³-hybridized carbons (Fsp3) is 0.318. The molecule has 0 aliphatic rings. The van der Waals surface area contributed by atoms with Crippen LogP contribution in [0.25, 0.3) is 11.4 Å². The minimum atomic E-state index is -0.620. The summed E-state index contributed by atoms with van der Waals surface area (Å²) in [5.74, 6) is 1.42. The van der Waals surface area contributed by atoms with Crippen LogP contribution in [0, 0.1) is 20.8 Å². The molecule has 2 aromatic carbocycles. The van der Waals surface area contributed by atoms with Gasteiger partial charge in [-0.05, 0) is 57.0 Å². The quantitative estimate of drug-likeness (QED) is 0.645. The SMILES string of the molecule is Cc1cc(C)cc(O[C@@H](C)C(=O)N(C)Cc2nc(-c3cccc(C)c3)no2)c1. The molecule has 0 unspecified atom stereocenters. The van der Waals surface area contributed by atoms with Crippen molar-refractivity contribution in [2.45, 2.75) is 40.3 Å². The Balaban J connectivity index is 1.64. The second kappa shape index (κ2) is 8.25. The highest BCUT2D eigenvalue weighted by Crippen LogP contribution is 2.19. The molecule has 0 saturated carbocycles. The molecule has 1 aromatic heterocycles. The van der Waals surface area contributed by atoms with E-state index in [0.717, 1.165) is 22.3 Å². The second-order valence-electron chi connectivity index (χ2n) is 7.16. The van der Waals surface area contributed by atoms with Gasteiger partial charge in [0.25, 0.3) is 5.91 Å². The molecule has 3 aromatic rings. The Morgan fingerprint density at radius 3 is 2.50 bits per heavy atom. The summed E-state index contributed by atoms with van der Waals surface area (Å²) in [4.78, 5) is 18.6. The van der Waals surface area contributed by atoms with E-state index in [1.807, 2.05) is 57.2 Å². The third-order valence-corrected chi connectivity index (χ3v) is 4.35. The van der Waals surface area contributed by atoms with Crippen molar-refractivity contribution in [3.05, 3.63) is 65.0 Å². The average Bonchev–Trinajstić information content (AvgIpc) is 3.08. The minimum Gasteiger partial charge on any atom is -0.481 e. The normalized spacial score (nSPS) is 11.9. The van der Waals surface area contributed by atoms with E-state index in [-0.39, 0.29) is 12.5 Å². The summed E-state index contributed by atoms with van der Waals surface area (Å²) >= 11 is 0. The molecule has 6 heteroatoms. The highest BCUT2D eigenvalue weighted by Gasteiger charge is 2.21. The zero-order valence-electron chi connectivity index (χ0n) is 16.9. The van der Waals surface area contributed by atoms with Crippen molar-refractivity contribution in [3.8, 4) is 17.1 Å². The van der Waals surface area contributed by atoms with Gasteiger partial charge in [-0.25, -0.2) is 0 Å². The molecule has 0 N–H and O–H groups in total. The summed E-state index contributed by atoms with van der Waals surface area (Å²) in [6, 6.07) is 13.8. The summed E-state index contributed by atoms with van der Waals surface area (Å²) in [7, 11) is 1.69. The van der Waals surface area contributed by atoms with Crippen LogP contribution in [0.5, 0.6) is 5.75 Å². The maximum atomic E-state index is 12.7. The van der Waals surface area contributed by atoms with Gasteiger partial charge in [0.05, 0.1) is 6.54 Å². The van der Waals surface area contributed by atoms with Gasteiger partial charge in [-0.15, -0.1) is 0 Å². The summed E-state index contributed by atoms with van der Waals surface area (Å²) in [6.45, 7) is 7.97. The van der Waals surface area contributed by atoms with Crippen LogP contribution in [0.1, 0.15) is 29.5 Å². The standard InChI is InChI=1S/C22H25N3O3/c1-14-7-6-8-18(10-14)21-23-20(28-24-21)13-25(5)22(26)17(4)27-19-11-15(2)9-16(3)12-19/h6-12,17H,13H2,1-5H3/t17-/m0/s1. The summed E-state index contributed by atoms with van der Waals surface area (Å²) in [6.07, 6.45) is -0.620. The van der Waals surface area contributed by atoms with E-state index in [0.29, 0.717) is 17.5 Å². The largest absolute Gasteiger partial charge is 0.481 e. The zero-order chi connectivity index (χ0) is 20.3. The van der Waals surface area contributed by atoms with Crippen molar-refractivity contribution in [1.29, 1.82) is 0 Å². The second-order valence-corrected chi connectivity index (χ2v) is 7.16. The van der Waals surface area contributed by atoms with Crippen LogP contribution < -0.4 is 4.74 Å². The topological polar surface area (TPSA) is 68.5 Å². The first kappa shape index (κ1) is 19.6. The Morgan fingerprint density at radius 1 is 1.11 bits per heavy atom. The van der Waals surface area contributed by atoms with Crippen LogP contribution in [-0.2, 0) is 11.3 Å². The van der Waals surface area contributed by atoms with E-state index < -0.39 is 6.10 Å². The van der Waals surface area contributed by atoms with Crippen molar-refractivity contribution in [3.63, 3.8) is 0 Å². The predicted octanol–water partition coefficient (Wildman–Crippen LogP) is 4.09. The van der Waals surface area contributed by atoms with E-state index in [9.17, 15) is 4.79 Å². The number of rotatable bonds is 6. The molecule has 146 valence electrons. The number of hydrogen-bond donors (Lipinski definition) is 0. The van der Waals surface area contributed by atoms with Crippen molar-refractivity contribution >= 4 is 5.91 Å². The van der Waals surface area contributed by atoms with Gasteiger partial charge < -0.3 is 14.2 Å². The van der Waals surface area contributed by atoms with Gasteiger partial charge in [-0.3, -0.25) is 4.79 Å². The molecule has 0 aliphatic carbocycles. The predicted molar refractivity (Wildman–Crippen MR) is 107 cm³/mol. The van der Waals surface area contributed by atoms with Crippen molar-refractivity contribution < 1.29 is 14.1 Å². The van der Waals surface area contributed by atoms with Gasteiger partial charge in [-0.2, -0.15) is 4.98 Å². The molecule has 3 rings (SSSR count). The fourth-order valence-corrected chi connectivity index (χ4v) is 3.07. The molecular weight excluding hydrogens is 354 g/mol. The monoisotopic (exact) mass is 379 g/mol. The maximum absolute atomic E-state index is 12.7. The summed E-state index contributed by atoms with van der Waals surface area (Å²) < 4.78 is 11.1. The number of carbonyl (C=O) groups excluding carboxylic acids is 1. The van der Waals surface area contributed by atoms with Crippen LogP contribution in [0.4, 0.5) is 0 Å². The number of aryl methyl sites for hydroxylation is 3. The molecule has 0 aliphatic heterocycles. The van der Waals surface area contributed by atoms with E-state index in [4.69, 9.17) is 9.26 Å². The molecule has 1 atom stereocenters. The molecule has 1 amide bonds. The first-order valence-corrected chi connectivity index (χ1v) is 9.21. The molecular formula is C22H25N3O3. The van der Waals surface area contributed by atoms with Gasteiger partial charge in [0.2, 0.25) is 11.7 Å². The number of aromatic nitrogens is 2. The summed E-state index contributed by atoms with van der Waals surface area (Å²) in [5, 5.41) is 4.02. The molecule has 0 radical (unpaired) electrons. The lowest BCUT2D eigenvalue weighted by Crippen LogP contribution is -2.37. The van der Waals surface area contributed by atoms with Crippen molar-refractivity contribution in [1.82, 2.24) is 15.0 Å². The highest BCUT2D eigenvalue weighted by atomic mass is 16.5. The van der Waals surface area contributed by atoms with Gasteiger partial charge in [0.1, 0.15) is 5.75 Å². The van der Waals surface area contributed by atoms with E-state index >= 15 is 0 Å². The Kier molecular flexibility index (Phi) is 5.78. The first-order valence-electron chi connectivity index (χ1n) is 9.21. The zero-order valence-corrected chi connectivity index (χ0v) is 16.9. The first-order chi connectivity index (χ1) is 13.3. The van der Waals surface area contributed by atoms with Crippen LogP contribution in [0.2, 0.25) is 0 Å². The molecule has 0 fully saturated rings. The Hall–Kier alpha value is -3.15. The van der Waals surface area contributed by atoms with Gasteiger partial charge in [0, 0.05) is 12.6 Å². The number of ether oxygens (including phenoxy) is 1. The average molecular weight is 379 g/mol. The lowest BCUT2D eigenvalue weighted by molar-refractivity contribution is -0.137.